The molecule has 0 spiro atoms. The lowest BCUT2D eigenvalue weighted by atomic mass is 10.2. The molecule has 0 aliphatic heterocycles. The molecule has 0 amide bonds. The van der Waals surface area contributed by atoms with Crippen LogP contribution in [0.5, 0.6) is 5.75 Å². The van der Waals surface area contributed by atoms with Crippen LogP contribution < -0.4 is 0 Å². The van der Waals surface area contributed by atoms with Crippen molar-refractivity contribution in [2.75, 3.05) is 5.75 Å². The van der Waals surface area contributed by atoms with Gasteiger partial charge >= 0.3 is 0 Å². The molecule has 1 aromatic rings. The Morgan fingerprint density at radius 2 is 2.33 bits per heavy atom. The zero-order valence-electron chi connectivity index (χ0n) is 6.87. The fourth-order valence-electron chi connectivity index (χ4n) is 0.843. The van der Waals surface area contributed by atoms with Gasteiger partial charge in [0.1, 0.15) is 5.75 Å². The van der Waals surface area contributed by atoms with E-state index in [1.807, 2.05) is 19.1 Å². The Hall–Kier alpha value is -1.07. The molecule has 0 unspecified atom stereocenters. The molecular formula is C10H10OS. The van der Waals surface area contributed by atoms with E-state index >= 15 is 0 Å². The number of hydrogen-bond acceptors (Lipinski definition) is 2. The second-order valence-corrected chi connectivity index (χ2v) is 3.49. The number of benzene rings is 1. The predicted octanol–water partition coefficient (Wildman–Crippen LogP) is 2.43. The van der Waals surface area contributed by atoms with Crippen molar-refractivity contribution in [2.24, 2.45) is 0 Å². The first-order chi connectivity index (χ1) is 5.74. The third kappa shape index (κ3) is 2.21. The van der Waals surface area contributed by atoms with Gasteiger partial charge in [-0.1, -0.05) is 5.92 Å². The van der Waals surface area contributed by atoms with Gasteiger partial charge in [-0.05, 0) is 30.7 Å². The number of hydrogen-bond donors (Lipinski definition) is 1. The largest absolute Gasteiger partial charge is 0.508 e. The number of phenolic OH excluding ortho intramolecular Hbond substituents is 1. The molecule has 1 N–H and O–H groups in total. The molecule has 1 nitrogen and oxygen atoms in total. The summed E-state index contributed by atoms with van der Waals surface area (Å²) >= 11 is 1.60. The number of terminal acetylenes is 1. The minimum Gasteiger partial charge on any atom is -0.508 e. The van der Waals surface area contributed by atoms with E-state index in [4.69, 9.17) is 6.42 Å². The Kier molecular flexibility index (Phi) is 3.07. The highest BCUT2D eigenvalue weighted by Gasteiger charge is 1.97. The van der Waals surface area contributed by atoms with E-state index in [0.717, 1.165) is 10.5 Å². The van der Waals surface area contributed by atoms with Gasteiger partial charge in [-0.2, -0.15) is 0 Å². The number of phenols is 1. The zero-order valence-corrected chi connectivity index (χ0v) is 7.69. The van der Waals surface area contributed by atoms with Crippen LogP contribution in [-0.4, -0.2) is 10.9 Å². The molecule has 0 aromatic heterocycles. The van der Waals surface area contributed by atoms with Crippen LogP contribution in [0.2, 0.25) is 0 Å². The quantitative estimate of drug-likeness (QED) is 0.554. The number of rotatable bonds is 2. The van der Waals surface area contributed by atoms with Gasteiger partial charge in [0.05, 0.1) is 5.75 Å². The molecule has 0 atom stereocenters. The van der Waals surface area contributed by atoms with Crippen LogP contribution in [-0.2, 0) is 0 Å². The monoisotopic (exact) mass is 178 g/mol. The van der Waals surface area contributed by atoms with Crippen LogP contribution in [0.4, 0.5) is 0 Å². The summed E-state index contributed by atoms with van der Waals surface area (Å²) in [5, 5.41) is 9.22. The van der Waals surface area contributed by atoms with E-state index in [2.05, 4.69) is 5.92 Å². The summed E-state index contributed by atoms with van der Waals surface area (Å²) in [6.07, 6.45) is 5.12. The molecule has 0 heterocycles. The van der Waals surface area contributed by atoms with Gasteiger partial charge in [0.15, 0.2) is 0 Å². The van der Waals surface area contributed by atoms with Crippen molar-refractivity contribution < 1.29 is 5.11 Å². The van der Waals surface area contributed by atoms with Gasteiger partial charge in [0, 0.05) is 4.90 Å². The van der Waals surface area contributed by atoms with Crippen molar-refractivity contribution >= 4 is 11.8 Å². The summed E-state index contributed by atoms with van der Waals surface area (Å²) in [5.74, 6) is 3.55. The fraction of sp³-hybridized carbons (Fsp3) is 0.200. The summed E-state index contributed by atoms with van der Waals surface area (Å²) in [5.41, 5.74) is 0.886. The maximum absolute atomic E-state index is 9.22. The van der Waals surface area contributed by atoms with Gasteiger partial charge in [-0.15, -0.1) is 18.2 Å². The normalized spacial score (nSPS) is 9.33. The predicted molar refractivity (Wildman–Crippen MR) is 52.4 cm³/mol. The number of thioether (sulfide) groups is 1. The smallest absolute Gasteiger partial charge is 0.118 e. The molecule has 0 saturated heterocycles. The molecule has 0 aliphatic carbocycles. The van der Waals surface area contributed by atoms with Crippen molar-refractivity contribution in [1.82, 2.24) is 0 Å². The van der Waals surface area contributed by atoms with Crippen molar-refractivity contribution in [3.05, 3.63) is 23.8 Å². The van der Waals surface area contributed by atoms with Crippen LogP contribution in [0.1, 0.15) is 5.56 Å². The summed E-state index contributed by atoms with van der Waals surface area (Å²) in [4.78, 5) is 1.10. The van der Waals surface area contributed by atoms with E-state index in [0.29, 0.717) is 11.5 Å². The molecule has 2 heteroatoms. The third-order valence-electron chi connectivity index (χ3n) is 1.49. The van der Waals surface area contributed by atoms with Gasteiger partial charge < -0.3 is 5.11 Å². The molecule has 0 bridgehead atoms. The number of aryl methyl sites for hydroxylation is 1. The van der Waals surface area contributed by atoms with Crippen molar-refractivity contribution in [2.45, 2.75) is 11.8 Å². The van der Waals surface area contributed by atoms with Gasteiger partial charge in [-0.3, -0.25) is 0 Å². The highest BCUT2D eigenvalue weighted by atomic mass is 32.2. The Morgan fingerprint density at radius 1 is 1.58 bits per heavy atom. The van der Waals surface area contributed by atoms with Crippen LogP contribution in [0, 0.1) is 19.3 Å². The molecular weight excluding hydrogens is 168 g/mol. The standard InChI is InChI=1S/C10H10OS/c1-3-6-12-9-4-5-10(11)8(2)7-9/h1,4-5,7,11H,6H2,2H3. The molecule has 0 radical (unpaired) electrons. The second-order valence-electron chi connectivity index (χ2n) is 2.44. The van der Waals surface area contributed by atoms with Gasteiger partial charge in [0.25, 0.3) is 0 Å². The van der Waals surface area contributed by atoms with Crippen molar-refractivity contribution in [1.29, 1.82) is 0 Å². The summed E-state index contributed by atoms with van der Waals surface area (Å²) in [6.45, 7) is 1.87. The minimum absolute atomic E-state index is 0.333. The fourth-order valence-corrected chi connectivity index (χ4v) is 1.52. The molecule has 1 aromatic carbocycles. The van der Waals surface area contributed by atoms with E-state index in [1.165, 1.54) is 0 Å². The first kappa shape index (κ1) is 9.02. The van der Waals surface area contributed by atoms with E-state index in [-0.39, 0.29) is 0 Å². The lowest BCUT2D eigenvalue weighted by molar-refractivity contribution is 0.470. The second kappa shape index (κ2) is 4.08. The van der Waals surface area contributed by atoms with Crippen molar-refractivity contribution in [3.8, 4) is 18.1 Å². The summed E-state index contributed by atoms with van der Waals surface area (Å²) in [6, 6.07) is 5.48. The molecule has 62 valence electrons. The zero-order chi connectivity index (χ0) is 8.97. The number of aromatic hydroxyl groups is 1. The Morgan fingerprint density at radius 3 is 2.92 bits per heavy atom. The van der Waals surface area contributed by atoms with Gasteiger partial charge in [0.2, 0.25) is 0 Å². The van der Waals surface area contributed by atoms with Crippen LogP contribution in [0.25, 0.3) is 0 Å². The van der Waals surface area contributed by atoms with Crippen LogP contribution in [0.15, 0.2) is 23.1 Å². The van der Waals surface area contributed by atoms with E-state index in [1.54, 1.807) is 17.8 Å². The first-order valence-corrected chi connectivity index (χ1v) is 4.58. The molecule has 0 saturated carbocycles. The van der Waals surface area contributed by atoms with E-state index < -0.39 is 0 Å². The third-order valence-corrected chi connectivity index (χ3v) is 2.39. The lowest BCUT2D eigenvalue weighted by Gasteiger charge is -2.01. The highest BCUT2D eigenvalue weighted by molar-refractivity contribution is 7.99. The highest BCUT2D eigenvalue weighted by Crippen LogP contribution is 2.23. The van der Waals surface area contributed by atoms with Crippen molar-refractivity contribution in [3.63, 3.8) is 0 Å². The Labute approximate surface area is 76.8 Å². The topological polar surface area (TPSA) is 20.2 Å². The van der Waals surface area contributed by atoms with Gasteiger partial charge in [-0.25, -0.2) is 0 Å². The molecule has 12 heavy (non-hydrogen) atoms. The summed E-state index contributed by atoms with van der Waals surface area (Å²) < 4.78 is 0. The summed E-state index contributed by atoms with van der Waals surface area (Å²) in [7, 11) is 0. The SMILES string of the molecule is C#CCSc1ccc(O)c(C)c1. The molecule has 0 fully saturated rings. The lowest BCUT2D eigenvalue weighted by Crippen LogP contribution is -1.77. The van der Waals surface area contributed by atoms with Crippen LogP contribution in [0.3, 0.4) is 0 Å². The maximum Gasteiger partial charge on any atom is 0.118 e. The Bertz CT molecular complexity index is 312. The molecule has 1 rings (SSSR count). The maximum atomic E-state index is 9.22. The average Bonchev–Trinajstić information content (AvgIpc) is 2.07. The van der Waals surface area contributed by atoms with E-state index in [9.17, 15) is 5.11 Å². The van der Waals surface area contributed by atoms with Crippen LogP contribution >= 0.6 is 11.8 Å². The Balaban J connectivity index is 2.77. The minimum atomic E-state index is 0.333. The molecule has 0 aliphatic rings. The average molecular weight is 178 g/mol. The first-order valence-electron chi connectivity index (χ1n) is 3.60.